The molecule has 1 aliphatic rings. The van der Waals surface area contributed by atoms with Crippen LogP contribution in [0.1, 0.15) is 40.6 Å². The molecule has 0 bridgehead atoms. The van der Waals surface area contributed by atoms with Gasteiger partial charge in [0.25, 0.3) is 0 Å². The predicted molar refractivity (Wildman–Crippen MR) is 72.7 cm³/mol. The molecule has 3 nitrogen and oxygen atoms in total. The third kappa shape index (κ3) is 1.95. The van der Waals surface area contributed by atoms with Crippen molar-refractivity contribution in [1.29, 1.82) is 0 Å². The first-order valence-corrected chi connectivity index (χ1v) is 7.08. The van der Waals surface area contributed by atoms with Crippen LogP contribution in [0.5, 0.6) is 0 Å². The molecule has 0 amide bonds. The highest BCUT2D eigenvalue weighted by Gasteiger charge is 2.23. The summed E-state index contributed by atoms with van der Waals surface area (Å²) in [4.78, 5) is 10.2. The van der Waals surface area contributed by atoms with E-state index in [0.29, 0.717) is 0 Å². The smallest absolute Gasteiger partial charge is 0.142 e. The van der Waals surface area contributed by atoms with Crippen molar-refractivity contribution in [1.82, 2.24) is 9.97 Å². The van der Waals surface area contributed by atoms with Gasteiger partial charge in [0.15, 0.2) is 0 Å². The Labute approximate surface area is 111 Å². The van der Waals surface area contributed by atoms with Gasteiger partial charge in [-0.2, -0.15) is 0 Å². The van der Waals surface area contributed by atoms with Crippen molar-refractivity contribution >= 4 is 11.3 Å². The van der Waals surface area contributed by atoms with Crippen molar-refractivity contribution in [3.63, 3.8) is 0 Å². The summed E-state index contributed by atoms with van der Waals surface area (Å²) >= 11 is 1.59. The van der Waals surface area contributed by atoms with Gasteiger partial charge in [0.1, 0.15) is 10.7 Å². The molecule has 0 fully saturated rings. The lowest BCUT2D eigenvalue weighted by Crippen LogP contribution is -2.06. The van der Waals surface area contributed by atoms with Gasteiger partial charge in [-0.3, -0.25) is 4.98 Å². The first-order chi connectivity index (χ1) is 8.65. The van der Waals surface area contributed by atoms with Crippen LogP contribution in [0.2, 0.25) is 0 Å². The van der Waals surface area contributed by atoms with Crippen molar-refractivity contribution in [3.8, 4) is 10.7 Å². The van der Waals surface area contributed by atoms with E-state index >= 15 is 0 Å². The Morgan fingerprint density at radius 1 is 1.39 bits per heavy atom. The van der Waals surface area contributed by atoms with Gasteiger partial charge in [0, 0.05) is 6.20 Å². The number of hydrogen-bond donors (Lipinski definition) is 1. The van der Waals surface area contributed by atoms with E-state index in [1.165, 1.54) is 0 Å². The lowest BCUT2D eigenvalue weighted by molar-refractivity contribution is 0.160. The van der Waals surface area contributed by atoms with Gasteiger partial charge < -0.3 is 5.11 Å². The Balaban J connectivity index is 2.07. The van der Waals surface area contributed by atoms with Crippen LogP contribution in [0.15, 0.2) is 12.3 Å². The van der Waals surface area contributed by atoms with Gasteiger partial charge in [-0.15, -0.1) is 11.3 Å². The molecule has 4 heteroatoms. The second-order valence-corrected chi connectivity index (χ2v) is 5.95. The van der Waals surface area contributed by atoms with Crippen LogP contribution in [0.3, 0.4) is 0 Å². The number of fused-ring (bicyclic) bond motifs is 1. The summed E-state index contributed by atoms with van der Waals surface area (Å²) in [5, 5.41) is 10.9. The molecule has 0 aromatic carbocycles. The number of aromatic nitrogens is 2. The van der Waals surface area contributed by atoms with Crippen LogP contribution in [-0.2, 0) is 6.42 Å². The Hall–Kier alpha value is -1.26. The molecule has 1 aliphatic carbocycles. The topological polar surface area (TPSA) is 46.0 Å². The summed E-state index contributed by atoms with van der Waals surface area (Å²) in [5.41, 5.74) is 4.33. The normalized spacial score (nSPS) is 18.7. The predicted octanol–water partition coefficient (Wildman–Crippen LogP) is 3.19. The number of aryl methyl sites for hydroxylation is 3. The van der Waals surface area contributed by atoms with Crippen LogP contribution < -0.4 is 0 Å². The van der Waals surface area contributed by atoms with E-state index in [2.05, 4.69) is 23.0 Å². The van der Waals surface area contributed by atoms with Crippen molar-refractivity contribution < 1.29 is 5.11 Å². The summed E-state index contributed by atoms with van der Waals surface area (Å²) in [5.74, 6) is 0. The summed E-state index contributed by atoms with van der Waals surface area (Å²) in [6.45, 7) is 4.10. The fourth-order valence-electron chi connectivity index (χ4n) is 2.44. The second-order valence-electron chi connectivity index (χ2n) is 4.92. The van der Waals surface area contributed by atoms with E-state index in [4.69, 9.17) is 0 Å². The number of nitrogens with zero attached hydrogens (tertiary/aromatic N) is 2. The van der Waals surface area contributed by atoms with Crippen LogP contribution in [-0.4, -0.2) is 15.1 Å². The quantitative estimate of drug-likeness (QED) is 0.856. The zero-order valence-corrected chi connectivity index (χ0v) is 11.4. The molecule has 0 aliphatic heterocycles. The lowest BCUT2D eigenvalue weighted by atomic mass is 10.0. The zero-order chi connectivity index (χ0) is 12.7. The van der Waals surface area contributed by atoms with E-state index in [1.807, 2.05) is 13.1 Å². The lowest BCUT2D eigenvalue weighted by Gasteiger charge is -2.14. The van der Waals surface area contributed by atoms with Crippen molar-refractivity contribution in [3.05, 3.63) is 34.0 Å². The molecule has 0 saturated carbocycles. The van der Waals surface area contributed by atoms with Gasteiger partial charge in [0.05, 0.1) is 16.7 Å². The van der Waals surface area contributed by atoms with Gasteiger partial charge in [0.2, 0.25) is 0 Å². The van der Waals surface area contributed by atoms with Gasteiger partial charge >= 0.3 is 0 Å². The monoisotopic (exact) mass is 260 g/mol. The SMILES string of the molecule is Cc1cnc(-c2nc3c(s2)C(O)CCC3)c(C)c1. The van der Waals surface area contributed by atoms with Crippen molar-refractivity contribution in [2.45, 2.75) is 39.2 Å². The average Bonchev–Trinajstić information content (AvgIpc) is 2.74. The molecule has 18 heavy (non-hydrogen) atoms. The molecule has 2 heterocycles. The summed E-state index contributed by atoms with van der Waals surface area (Å²) in [6, 6.07) is 2.12. The third-order valence-corrected chi connectivity index (χ3v) is 4.54. The number of thiazole rings is 1. The number of aliphatic hydroxyl groups is 1. The van der Waals surface area contributed by atoms with Gasteiger partial charge in [-0.1, -0.05) is 6.07 Å². The molecule has 0 saturated heterocycles. The van der Waals surface area contributed by atoms with Gasteiger partial charge in [-0.05, 0) is 44.2 Å². The molecular weight excluding hydrogens is 244 g/mol. The molecule has 3 rings (SSSR count). The van der Waals surface area contributed by atoms with Crippen molar-refractivity contribution in [2.75, 3.05) is 0 Å². The largest absolute Gasteiger partial charge is 0.388 e. The number of aliphatic hydroxyl groups excluding tert-OH is 1. The Morgan fingerprint density at radius 3 is 2.94 bits per heavy atom. The molecule has 94 valence electrons. The third-order valence-electron chi connectivity index (χ3n) is 3.34. The fraction of sp³-hybridized carbons (Fsp3) is 0.429. The van der Waals surface area contributed by atoms with E-state index in [9.17, 15) is 5.11 Å². The van der Waals surface area contributed by atoms with Crippen molar-refractivity contribution in [2.24, 2.45) is 0 Å². The number of pyridine rings is 1. The molecule has 0 radical (unpaired) electrons. The van der Waals surface area contributed by atoms with E-state index in [-0.39, 0.29) is 6.10 Å². The summed E-state index contributed by atoms with van der Waals surface area (Å²) in [7, 11) is 0. The zero-order valence-electron chi connectivity index (χ0n) is 10.6. The number of hydrogen-bond acceptors (Lipinski definition) is 4. The molecule has 2 aromatic rings. The highest BCUT2D eigenvalue weighted by Crippen LogP contribution is 2.37. The standard InChI is InChI=1S/C14H16N2OS/c1-8-6-9(2)12(15-7-8)14-16-10-4-3-5-11(17)13(10)18-14/h6-7,11,17H,3-5H2,1-2H3. The first kappa shape index (κ1) is 11.8. The van der Waals surface area contributed by atoms with E-state index < -0.39 is 0 Å². The second kappa shape index (κ2) is 4.44. The van der Waals surface area contributed by atoms with E-state index in [0.717, 1.165) is 51.7 Å². The summed E-state index contributed by atoms with van der Waals surface area (Å²) < 4.78 is 0. The fourth-order valence-corrected chi connectivity index (χ4v) is 3.63. The molecule has 1 unspecified atom stereocenters. The molecular formula is C14H16N2OS. The van der Waals surface area contributed by atoms with Crippen LogP contribution >= 0.6 is 11.3 Å². The maximum Gasteiger partial charge on any atom is 0.142 e. The molecule has 2 aromatic heterocycles. The van der Waals surface area contributed by atoms with Crippen LogP contribution in [0.25, 0.3) is 10.7 Å². The van der Waals surface area contributed by atoms with E-state index in [1.54, 1.807) is 11.3 Å². The van der Waals surface area contributed by atoms with Gasteiger partial charge in [-0.25, -0.2) is 4.98 Å². The maximum atomic E-state index is 9.99. The number of rotatable bonds is 1. The van der Waals surface area contributed by atoms with Crippen LogP contribution in [0.4, 0.5) is 0 Å². The highest BCUT2D eigenvalue weighted by molar-refractivity contribution is 7.15. The average molecular weight is 260 g/mol. The first-order valence-electron chi connectivity index (χ1n) is 6.26. The Bertz CT molecular complexity index is 591. The molecule has 1 atom stereocenters. The van der Waals surface area contributed by atoms with Crippen LogP contribution in [0, 0.1) is 13.8 Å². The molecule has 1 N–H and O–H groups in total. The maximum absolute atomic E-state index is 9.99. The minimum atomic E-state index is -0.328. The molecule has 0 spiro atoms. The minimum absolute atomic E-state index is 0.328. The Morgan fingerprint density at radius 2 is 2.22 bits per heavy atom. The Kier molecular flexibility index (Phi) is 2.92. The minimum Gasteiger partial charge on any atom is -0.388 e. The highest BCUT2D eigenvalue weighted by atomic mass is 32.1. The summed E-state index contributed by atoms with van der Waals surface area (Å²) in [6.07, 6.45) is 4.41.